The number of aryl methyl sites for hydroxylation is 1. The van der Waals surface area contributed by atoms with Crippen molar-refractivity contribution in [1.82, 2.24) is 35.0 Å². The van der Waals surface area contributed by atoms with Crippen LogP contribution in [0.25, 0.3) is 10.9 Å². The zero-order valence-corrected chi connectivity index (χ0v) is 29.9. The Hall–Kier alpha value is -6.15. The third-order valence-corrected chi connectivity index (χ3v) is 9.62. The van der Waals surface area contributed by atoms with Gasteiger partial charge in [-0.3, -0.25) is 14.4 Å². The van der Waals surface area contributed by atoms with Crippen LogP contribution < -0.4 is 10.6 Å². The normalized spacial score (nSPS) is 18.1. The Kier molecular flexibility index (Phi) is 10.8. The second-order valence-corrected chi connectivity index (χ2v) is 13.2. The van der Waals surface area contributed by atoms with Gasteiger partial charge in [0.2, 0.25) is 11.8 Å². The van der Waals surface area contributed by atoms with Gasteiger partial charge >= 0.3 is 12.0 Å². The maximum Gasteiger partial charge on any atom is 0.334 e. The van der Waals surface area contributed by atoms with Crippen LogP contribution in [0.3, 0.4) is 0 Å². The van der Waals surface area contributed by atoms with Crippen LogP contribution in [0, 0.1) is 0 Å². The fourth-order valence-corrected chi connectivity index (χ4v) is 7.13. The Bertz CT molecular complexity index is 2030. The van der Waals surface area contributed by atoms with E-state index in [0.29, 0.717) is 16.5 Å². The van der Waals surface area contributed by atoms with Gasteiger partial charge in [0.05, 0.1) is 31.3 Å². The predicted octanol–water partition coefficient (Wildman–Crippen LogP) is 2.91. The number of aromatic nitrogens is 1. The molecule has 0 radical (unpaired) electrons. The highest BCUT2D eigenvalue weighted by Crippen LogP contribution is 2.32. The van der Waals surface area contributed by atoms with Gasteiger partial charge in [0.1, 0.15) is 24.0 Å². The number of nitrogens with one attached hydrogen (secondary N) is 2. The molecule has 2 aliphatic heterocycles. The van der Waals surface area contributed by atoms with Gasteiger partial charge in [-0.1, -0.05) is 66.7 Å². The van der Waals surface area contributed by atoms with Gasteiger partial charge in [-0.2, -0.15) is 0 Å². The summed E-state index contributed by atoms with van der Waals surface area (Å²) in [6.45, 7) is 5.84. The van der Waals surface area contributed by atoms with Crippen molar-refractivity contribution in [2.24, 2.45) is 7.05 Å². The van der Waals surface area contributed by atoms with E-state index in [9.17, 15) is 29.1 Å². The van der Waals surface area contributed by atoms with E-state index in [4.69, 9.17) is 4.74 Å². The molecule has 3 N–H and O–H groups in total. The monoisotopic (exact) mass is 721 g/mol. The highest BCUT2D eigenvalue weighted by molar-refractivity contribution is 6.08. The summed E-state index contributed by atoms with van der Waals surface area (Å²) in [5.74, 6) is -1.57. The Morgan fingerprint density at radius 2 is 1.75 bits per heavy atom. The quantitative estimate of drug-likeness (QED) is 0.158. The highest BCUT2D eigenvalue weighted by Gasteiger charge is 2.51. The zero-order valence-electron chi connectivity index (χ0n) is 29.9. The summed E-state index contributed by atoms with van der Waals surface area (Å²) < 4.78 is 6.56. The molecule has 0 spiro atoms. The molecule has 2 fully saturated rings. The summed E-state index contributed by atoms with van der Waals surface area (Å²) in [5.41, 5.74) is 3.42. The Morgan fingerprint density at radius 1 is 1.02 bits per heavy atom. The van der Waals surface area contributed by atoms with E-state index in [1.54, 1.807) is 58.1 Å². The third kappa shape index (κ3) is 7.58. The number of hydrogen-bond acceptors (Lipinski definition) is 8. The van der Waals surface area contributed by atoms with Crippen LogP contribution >= 0.6 is 0 Å². The van der Waals surface area contributed by atoms with E-state index < -0.39 is 36.2 Å². The summed E-state index contributed by atoms with van der Waals surface area (Å²) in [5, 5.41) is 19.4. The first kappa shape index (κ1) is 36.6. The lowest BCUT2D eigenvalue weighted by atomic mass is 9.98. The van der Waals surface area contributed by atoms with Crippen LogP contribution in [-0.2, 0) is 45.7 Å². The molecule has 4 aromatic rings. The lowest BCUT2D eigenvalue weighted by Crippen LogP contribution is -2.76. The average Bonchev–Trinajstić information content (AvgIpc) is 3.50. The fraction of sp³-hybridized carbons (Fsp3) is 0.308. The average molecular weight is 722 g/mol. The molecule has 2 aliphatic rings. The Labute approximate surface area is 307 Å². The minimum Gasteiger partial charge on any atom is -0.508 e. The standard InChI is InChI=1S/C39H43N7O7/c1-5-18-44-24-34(48)45-32(19-26-14-16-29(47)17-15-26)37(50)43(23-33(45)46(44)39(52)40-20-27-10-7-6-8-11-27)21-28-12-9-13-30-31(22-42(3)35(28)30)36(49)41-25(2)38(51)53-4/h5-17,22,25,32-33,47H,1,18-21,23-24H2,2-4H3,(H,40,52)(H,41,49)/t25-,32+,33+/m1/s1. The lowest BCUT2D eigenvalue weighted by Gasteiger charge is -2.55. The number of piperazine rings is 1. The number of rotatable bonds is 11. The topological polar surface area (TPSA) is 157 Å². The minimum atomic E-state index is -0.963. The van der Waals surface area contributed by atoms with Crippen molar-refractivity contribution >= 4 is 40.6 Å². The van der Waals surface area contributed by atoms with Crippen molar-refractivity contribution in [3.8, 4) is 5.75 Å². The first-order valence-electron chi connectivity index (χ1n) is 17.3. The Morgan fingerprint density at radius 3 is 2.45 bits per heavy atom. The van der Waals surface area contributed by atoms with Gasteiger partial charge in [0, 0.05) is 44.7 Å². The molecular formula is C39H43N7O7. The minimum absolute atomic E-state index is 0.00779. The number of methoxy groups -OCH3 is 1. The van der Waals surface area contributed by atoms with E-state index in [1.165, 1.54) is 36.1 Å². The number of amides is 5. The zero-order chi connectivity index (χ0) is 37.8. The van der Waals surface area contributed by atoms with Gasteiger partial charge in [-0.25, -0.2) is 19.6 Å². The number of para-hydroxylation sites is 1. The van der Waals surface area contributed by atoms with Crippen LogP contribution in [0.4, 0.5) is 4.79 Å². The number of urea groups is 1. The summed E-state index contributed by atoms with van der Waals surface area (Å²) in [6, 6.07) is 19.2. The van der Waals surface area contributed by atoms with Gasteiger partial charge in [0.15, 0.2) is 0 Å². The molecule has 1 aromatic heterocycles. The number of ether oxygens (including phenoxy) is 1. The van der Waals surface area contributed by atoms with E-state index in [-0.39, 0.29) is 56.7 Å². The largest absolute Gasteiger partial charge is 0.508 e. The first-order chi connectivity index (χ1) is 25.5. The van der Waals surface area contributed by atoms with Crippen molar-refractivity contribution in [2.45, 2.75) is 44.7 Å². The maximum absolute atomic E-state index is 14.6. The van der Waals surface area contributed by atoms with E-state index >= 15 is 0 Å². The molecule has 276 valence electrons. The SMILES string of the molecule is C=CCN1CC(=O)N2[C@@H](Cc3ccc(O)cc3)C(=O)N(Cc3cccc4c(C(=O)N[C@H](C)C(=O)OC)cn(C)c34)C[C@@H]2N1C(=O)NCc1ccccc1. The number of hydrazine groups is 1. The van der Waals surface area contributed by atoms with Crippen molar-refractivity contribution in [2.75, 3.05) is 26.7 Å². The molecule has 0 unspecified atom stereocenters. The second-order valence-electron chi connectivity index (χ2n) is 13.2. The smallest absolute Gasteiger partial charge is 0.334 e. The number of phenolic OH excluding ortho intramolecular Hbond substituents is 1. The van der Waals surface area contributed by atoms with Gasteiger partial charge < -0.3 is 34.8 Å². The van der Waals surface area contributed by atoms with Crippen LogP contribution in [0.2, 0.25) is 0 Å². The van der Waals surface area contributed by atoms with E-state index in [0.717, 1.165) is 16.7 Å². The summed E-state index contributed by atoms with van der Waals surface area (Å²) in [7, 11) is 3.05. The van der Waals surface area contributed by atoms with Crippen LogP contribution in [0.15, 0.2) is 91.6 Å². The molecule has 0 saturated carbocycles. The fourth-order valence-electron chi connectivity index (χ4n) is 7.13. The molecule has 0 aliphatic carbocycles. The number of hydrogen-bond donors (Lipinski definition) is 3. The highest BCUT2D eigenvalue weighted by atomic mass is 16.5. The summed E-state index contributed by atoms with van der Waals surface area (Å²) >= 11 is 0. The summed E-state index contributed by atoms with van der Waals surface area (Å²) in [4.78, 5) is 71.1. The van der Waals surface area contributed by atoms with Crippen molar-refractivity contribution in [3.05, 3.63) is 114 Å². The molecule has 2 saturated heterocycles. The predicted molar refractivity (Wildman–Crippen MR) is 196 cm³/mol. The van der Waals surface area contributed by atoms with E-state index in [2.05, 4.69) is 17.2 Å². The molecule has 6 rings (SSSR count). The van der Waals surface area contributed by atoms with Gasteiger partial charge in [0.25, 0.3) is 5.91 Å². The van der Waals surface area contributed by atoms with E-state index in [1.807, 2.05) is 36.4 Å². The molecular weight excluding hydrogens is 678 g/mol. The van der Waals surface area contributed by atoms with Crippen molar-refractivity contribution < 1.29 is 33.8 Å². The number of nitrogens with zero attached hydrogens (tertiary/aromatic N) is 5. The first-order valence-corrected chi connectivity index (χ1v) is 17.3. The number of esters is 1. The molecule has 3 aromatic carbocycles. The molecule has 5 amide bonds. The third-order valence-electron chi connectivity index (χ3n) is 9.62. The number of phenols is 1. The molecule has 0 bridgehead atoms. The van der Waals surface area contributed by atoms with Crippen LogP contribution in [0.5, 0.6) is 5.75 Å². The number of benzene rings is 3. The molecule has 3 heterocycles. The number of fused-ring (bicyclic) bond motifs is 2. The molecule has 53 heavy (non-hydrogen) atoms. The van der Waals surface area contributed by atoms with Crippen molar-refractivity contribution in [3.63, 3.8) is 0 Å². The van der Waals surface area contributed by atoms with Crippen LogP contribution in [0.1, 0.15) is 34.0 Å². The molecule has 14 heteroatoms. The number of carbonyl (C=O) groups is 5. The molecule has 3 atom stereocenters. The van der Waals surface area contributed by atoms with Gasteiger partial charge in [-0.15, -0.1) is 6.58 Å². The van der Waals surface area contributed by atoms with Crippen LogP contribution in [-0.4, -0.2) is 104 Å². The summed E-state index contributed by atoms with van der Waals surface area (Å²) in [6.07, 6.45) is 2.58. The maximum atomic E-state index is 14.6. The number of aromatic hydroxyl groups is 1. The molecule has 14 nitrogen and oxygen atoms in total. The Balaban J connectivity index is 1.36. The number of carbonyl (C=O) groups excluding carboxylic acids is 5. The second kappa shape index (κ2) is 15.6. The lowest BCUT2D eigenvalue weighted by molar-refractivity contribution is -0.189. The van der Waals surface area contributed by atoms with Crippen molar-refractivity contribution in [1.29, 1.82) is 0 Å². The van der Waals surface area contributed by atoms with Gasteiger partial charge in [-0.05, 0) is 35.7 Å².